The van der Waals surface area contributed by atoms with Crippen LogP contribution >= 0.6 is 11.6 Å². The quantitative estimate of drug-likeness (QED) is 0.485. The third-order valence-corrected chi connectivity index (χ3v) is 4.55. The first-order valence-electron chi connectivity index (χ1n) is 8.62. The summed E-state index contributed by atoms with van der Waals surface area (Å²) in [6.07, 6.45) is 6.67. The van der Waals surface area contributed by atoms with Gasteiger partial charge in [0.15, 0.2) is 11.8 Å². The van der Waals surface area contributed by atoms with Gasteiger partial charge in [-0.1, -0.05) is 17.7 Å². The molecular weight excluding hydrogens is 366 g/mol. The molecule has 0 aliphatic carbocycles. The average molecular weight is 386 g/mol. The third-order valence-electron chi connectivity index (χ3n) is 4.25. The number of benzene rings is 1. The molecule has 3 rings (SSSR count). The summed E-state index contributed by atoms with van der Waals surface area (Å²) in [5.74, 6) is -1.07. The highest BCUT2D eigenvalue weighted by molar-refractivity contribution is 6.32. The number of hydrogen-bond donors (Lipinski definition) is 1. The molecule has 2 aromatic rings. The van der Waals surface area contributed by atoms with Crippen LogP contribution < -0.4 is 10.2 Å². The average Bonchev–Trinajstić information content (AvgIpc) is 2.66. The van der Waals surface area contributed by atoms with Crippen molar-refractivity contribution in [1.29, 1.82) is 0 Å². The van der Waals surface area contributed by atoms with E-state index in [2.05, 4.69) is 34.4 Å². The number of carbonyl (C=O) groups excluding carboxylic acids is 2. The Balaban J connectivity index is 1.52. The lowest BCUT2D eigenvalue weighted by atomic mass is 9.99. The largest absolute Gasteiger partial charge is 0.452 e. The van der Waals surface area contributed by atoms with Crippen molar-refractivity contribution in [3.05, 3.63) is 58.9 Å². The molecule has 0 saturated heterocycles. The van der Waals surface area contributed by atoms with Crippen LogP contribution in [0.3, 0.4) is 0 Å². The minimum atomic E-state index is -0.586. The number of esters is 1. The highest BCUT2D eigenvalue weighted by Gasteiger charge is 2.13. The SMILES string of the molecule is CN1CCCc2cc(C=CC(=O)OCC(=O)Nc3cccnc3Cl)ccc21. The van der Waals surface area contributed by atoms with Gasteiger partial charge in [0.25, 0.3) is 5.91 Å². The fourth-order valence-electron chi connectivity index (χ4n) is 2.92. The lowest BCUT2D eigenvalue weighted by Crippen LogP contribution is -2.24. The number of nitrogens with zero attached hydrogens (tertiary/aromatic N) is 2. The maximum atomic E-state index is 11.8. The molecule has 1 amide bonds. The number of carbonyl (C=O) groups is 2. The zero-order valence-electron chi connectivity index (χ0n) is 14.9. The van der Waals surface area contributed by atoms with Gasteiger partial charge in [-0.05, 0) is 54.3 Å². The van der Waals surface area contributed by atoms with Crippen molar-refractivity contribution in [2.45, 2.75) is 12.8 Å². The van der Waals surface area contributed by atoms with E-state index in [4.69, 9.17) is 16.3 Å². The molecular formula is C20H20ClN3O3. The number of aryl methyl sites for hydroxylation is 1. The number of nitrogens with one attached hydrogen (secondary N) is 1. The van der Waals surface area contributed by atoms with E-state index in [-0.39, 0.29) is 5.15 Å². The lowest BCUT2D eigenvalue weighted by Gasteiger charge is -2.27. The first-order chi connectivity index (χ1) is 13.0. The first kappa shape index (κ1) is 18.9. The third kappa shape index (κ3) is 5.08. The molecule has 0 fully saturated rings. The van der Waals surface area contributed by atoms with Gasteiger partial charge in [0.2, 0.25) is 0 Å². The Kier molecular flexibility index (Phi) is 6.08. The summed E-state index contributed by atoms with van der Waals surface area (Å²) in [6.45, 7) is 0.657. The number of rotatable bonds is 5. The van der Waals surface area contributed by atoms with E-state index >= 15 is 0 Å². The molecule has 1 aromatic carbocycles. The number of amides is 1. The van der Waals surface area contributed by atoms with Crippen LogP contribution in [0.25, 0.3) is 6.08 Å². The van der Waals surface area contributed by atoms with Gasteiger partial charge in [0.05, 0.1) is 5.69 Å². The zero-order chi connectivity index (χ0) is 19.2. The van der Waals surface area contributed by atoms with Crippen LogP contribution in [0, 0.1) is 0 Å². The molecule has 0 bridgehead atoms. The van der Waals surface area contributed by atoms with Crippen molar-refractivity contribution in [2.24, 2.45) is 0 Å². The van der Waals surface area contributed by atoms with Crippen LogP contribution in [-0.2, 0) is 20.7 Å². The second-order valence-electron chi connectivity index (χ2n) is 6.24. The highest BCUT2D eigenvalue weighted by Crippen LogP contribution is 2.27. The zero-order valence-corrected chi connectivity index (χ0v) is 15.7. The van der Waals surface area contributed by atoms with E-state index in [1.807, 2.05) is 6.07 Å². The van der Waals surface area contributed by atoms with Gasteiger partial charge in [0.1, 0.15) is 0 Å². The molecule has 0 saturated carbocycles. The molecule has 0 spiro atoms. The fourth-order valence-corrected chi connectivity index (χ4v) is 3.09. The second kappa shape index (κ2) is 8.68. The summed E-state index contributed by atoms with van der Waals surface area (Å²) >= 11 is 5.86. The molecule has 6 nitrogen and oxygen atoms in total. The molecule has 1 aliphatic heterocycles. The van der Waals surface area contributed by atoms with E-state index in [0.29, 0.717) is 5.69 Å². The van der Waals surface area contributed by atoms with Crippen LogP contribution in [-0.4, -0.2) is 37.1 Å². The topological polar surface area (TPSA) is 71.5 Å². The molecule has 0 radical (unpaired) electrons. The summed E-state index contributed by atoms with van der Waals surface area (Å²) < 4.78 is 4.96. The Morgan fingerprint density at radius 3 is 3.04 bits per heavy atom. The van der Waals surface area contributed by atoms with Gasteiger partial charge >= 0.3 is 5.97 Å². The van der Waals surface area contributed by atoms with Gasteiger partial charge in [-0.15, -0.1) is 0 Å². The van der Waals surface area contributed by atoms with Crippen molar-refractivity contribution in [3.63, 3.8) is 0 Å². The summed E-state index contributed by atoms with van der Waals surface area (Å²) in [5.41, 5.74) is 3.79. The number of halogens is 1. The Morgan fingerprint density at radius 1 is 1.37 bits per heavy atom. The van der Waals surface area contributed by atoms with Crippen LogP contribution in [0.4, 0.5) is 11.4 Å². The van der Waals surface area contributed by atoms with Crippen molar-refractivity contribution in [2.75, 3.05) is 30.4 Å². The van der Waals surface area contributed by atoms with Crippen LogP contribution in [0.2, 0.25) is 5.15 Å². The van der Waals surface area contributed by atoms with Crippen LogP contribution in [0.1, 0.15) is 17.5 Å². The van der Waals surface area contributed by atoms with Crippen LogP contribution in [0.15, 0.2) is 42.6 Å². The Bertz CT molecular complexity index is 883. The van der Waals surface area contributed by atoms with E-state index in [1.54, 1.807) is 18.2 Å². The number of anilines is 2. The van der Waals surface area contributed by atoms with Crippen molar-refractivity contribution < 1.29 is 14.3 Å². The van der Waals surface area contributed by atoms with Gasteiger partial charge < -0.3 is 15.0 Å². The molecule has 0 unspecified atom stereocenters. The van der Waals surface area contributed by atoms with E-state index in [1.165, 1.54) is 23.5 Å². The number of fused-ring (bicyclic) bond motifs is 1. The predicted octanol–water partition coefficient (Wildman–Crippen LogP) is 3.31. The van der Waals surface area contributed by atoms with E-state index in [0.717, 1.165) is 24.9 Å². The Morgan fingerprint density at radius 2 is 2.22 bits per heavy atom. The highest BCUT2D eigenvalue weighted by atomic mass is 35.5. The summed E-state index contributed by atoms with van der Waals surface area (Å²) in [5, 5.41) is 2.71. The number of hydrogen-bond acceptors (Lipinski definition) is 5. The lowest BCUT2D eigenvalue weighted by molar-refractivity contribution is -0.142. The summed E-state index contributed by atoms with van der Waals surface area (Å²) in [7, 11) is 2.08. The minimum Gasteiger partial charge on any atom is -0.452 e. The molecule has 1 aromatic heterocycles. The van der Waals surface area contributed by atoms with Crippen molar-refractivity contribution in [1.82, 2.24) is 4.98 Å². The predicted molar refractivity (Wildman–Crippen MR) is 106 cm³/mol. The number of aromatic nitrogens is 1. The standard InChI is InChI=1S/C20H20ClN3O3/c1-24-11-3-4-15-12-14(6-8-17(15)24)7-9-19(26)27-13-18(25)23-16-5-2-10-22-20(16)21/h2,5-10,12H,3-4,11,13H2,1H3,(H,23,25). The fraction of sp³-hybridized carbons (Fsp3) is 0.250. The van der Waals surface area contributed by atoms with E-state index < -0.39 is 18.5 Å². The second-order valence-corrected chi connectivity index (χ2v) is 6.60. The maximum absolute atomic E-state index is 11.8. The van der Waals surface area contributed by atoms with Gasteiger partial charge in [-0.25, -0.2) is 9.78 Å². The molecule has 140 valence electrons. The van der Waals surface area contributed by atoms with Crippen LogP contribution in [0.5, 0.6) is 0 Å². The Labute approximate surface area is 162 Å². The first-order valence-corrected chi connectivity index (χ1v) is 9.00. The molecule has 1 N–H and O–H groups in total. The van der Waals surface area contributed by atoms with Crippen molar-refractivity contribution in [3.8, 4) is 0 Å². The Hall–Kier alpha value is -2.86. The van der Waals surface area contributed by atoms with Gasteiger partial charge in [0, 0.05) is 31.6 Å². The maximum Gasteiger partial charge on any atom is 0.331 e. The van der Waals surface area contributed by atoms with Crippen molar-refractivity contribution >= 4 is 40.9 Å². The molecule has 1 aliphatic rings. The number of ether oxygens (including phenoxy) is 1. The monoisotopic (exact) mass is 385 g/mol. The van der Waals surface area contributed by atoms with Gasteiger partial charge in [-0.2, -0.15) is 0 Å². The molecule has 27 heavy (non-hydrogen) atoms. The molecule has 0 atom stereocenters. The van der Waals surface area contributed by atoms with Gasteiger partial charge in [-0.3, -0.25) is 4.79 Å². The normalized spacial score (nSPS) is 13.3. The smallest absolute Gasteiger partial charge is 0.331 e. The minimum absolute atomic E-state index is 0.176. The molecule has 7 heteroatoms. The summed E-state index contributed by atoms with van der Waals surface area (Å²) in [6, 6.07) is 9.35. The number of pyridine rings is 1. The summed E-state index contributed by atoms with van der Waals surface area (Å²) in [4.78, 5) is 29.8. The molecule has 2 heterocycles. The van der Waals surface area contributed by atoms with E-state index in [9.17, 15) is 9.59 Å².